The fraction of sp³-hybridized carbons (Fsp3) is 0.579. The molecule has 1 aliphatic rings. The number of likely N-dealkylation sites (tertiary alicyclic amines) is 1. The molecule has 1 aromatic heterocycles. The molecule has 0 amide bonds. The van der Waals surface area contributed by atoms with Gasteiger partial charge >= 0.3 is 0 Å². The molecule has 0 spiro atoms. The highest BCUT2D eigenvalue weighted by Gasteiger charge is 2.22. The van der Waals surface area contributed by atoms with Gasteiger partial charge in [-0.05, 0) is 51.4 Å². The van der Waals surface area contributed by atoms with Gasteiger partial charge in [-0.25, -0.2) is 0 Å². The first-order chi connectivity index (χ1) is 10.7. The van der Waals surface area contributed by atoms with Crippen molar-refractivity contribution in [3.63, 3.8) is 0 Å². The van der Waals surface area contributed by atoms with E-state index in [1.54, 1.807) is 0 Å². The van der Waals surface area contributed by atoms with E-state index >= 15 is 0 Å². The molecule has 1 aliphatic heterocycles. The number of likely N-dealkylation sites (N-methyl/N-ethyl adjacent to an activating group) is 1. The van der Waals surface area contributed by atoms with E-state index in [4.69, 9.17) is 0 Å². The van der Waals surface area contributed by atoms with E-state index in [-0.39, 0.29) is 0 Å². The summed E-state index contributed by atoms with van der Waals surface area (Å²) in [4.78, 5) is 2.60. The summed E-state index contributed by atoms with van der Waals surface area (Å²) in [5, 5.41) is 5.09. The third-order valence-corrected chi connectivity index (χ3v) is 4.98. The first kappa shape index (κ1) is 15.6. The van der Waals surface area contributed by atoms with Crippen LogP contribution < -0.4 is 5.32 Å². The molecule has 1 atom stereocenters. The van der Waals surface area contributed by atoms with Gasteiger partial charge in [0, 0.05) is 42.3 Å². The molecule has 1 saturated heterocycles. The Hall–Kier alpha value is -1.32. The number of nitrogens with one attached hydrogen (secondary N) is 1. The van der Waals surface area contributed by atoms with Crippen LogP contribution in [0, 0.1) is 0 Å². The summed E-state index contributed by atoms with van der Waals surface area (Å²) in [6.45, 7) is 11.3. The lowest BCUT2D eigenvalue weighted by atomic mass is 10.1. The minimum atomic E-state index is 0.504. The number of aromatic nitrogens is 1. The molecule has 3 heteroatoms. The molecule has 3 rings (SSSR count). The fourth-order valence-electron chi connectivity index (χ4n) is 3.76. The third-order valence-electron chi connectivity index (χ3n) is 4.98. The van der Waals surface area contributed by atoms with Gasteiger partial charge in [0.05, 0.1) is 0 Å². The average molecular weight is 299 g/mol. The van der Waals surface area contributed by atoms with Gasteiger partial charge in [0.2, 0.25) is 0 Å². The predicted octanol–water partition coefficient (Wildman–Crippen LogP) is 3.80. The van der Waals surface area contributed by atoms with E-state index in [0.717, 1.165) is 19.1 Å². The molecule has 120 valence electrons. The SMILES string of the molecule is CCN1CCC[C@@H]1CNCc1cn(C(C)C)c2ccccc12. The van der Waals surface area contributed by atoms with Crippen molar-refractivity contribution in [2.75, 3.05) is 19.6 Å². The molecule has 1 fully saturated rings. The summed E-state index contributed by atoms with van der Waals surface area (Å²) < 4.78 is 2.39. The molecule has 1 N–H and O–H groups in total. The van der Waals surface area contributed by atoms with E-state index in [2.05, 4.69) is 66.0 Å². The number of rotatable bonds is 6. The van der Waals surface area contributed by atoms with Crippen molar-refractivity contribution < 1.29 is 0 Å². The minimum absolute atomic E-state index is 0.504. The fourth-order valence-corrected chi connectivity index (χ4v) is 3.76. The number of hydrogen-bond acceptors (Lipinski definition) is 2. The summed E-state index contributed by atoms with van der Waals surface area (Å²) in [6, 6.07) is 9.99. The highest BCUT2D eigenvalue weighted by molar-refractivity contribution is 5.84. The molecule has 0 aliphatic carbocycles. The van der Waals surface area contributed by atoms with Gasteiger partial charge in [-0.15, -0.1) is 0 Å². The predicted molar refractivity (Wildman–Crippen MR) is 94.3 cm³/mol. The summed E-state index contributed by atoms with van der Waals surface area (Å²) in [5.41, 5.74) is 2.77. The number of benzene rings is 1. The van der Waals surface area contributed by atoms with Gasteiger partial charge in [-0.2, -0.15) is 0 Å². The van der Waals surface area contributed by atoms with Crippen LogP contribution in [0.2, 0.25) is 0 Å². The first-order valence-corrected chi connectivity index (χ1v) is 8.74. The quantitative estimate of drug-likeness (QED) is 0.875. The lowest BCUT2D eigenvalue weighted by Crippen LogP contribution is -2.37. The van der Waals surface area contributed by atoms with Crippen LogP contribution in [-0.4, -0.2) is 35.1 Å². The van der Waals surface area contributed by atoms with Gasteiger partial charge in [-0.3, -0.25) is 4.90 Å². The zero-order chi connectivity index (χ0) is 15.5. The molecule has 22 heavy (non-hydrogen) atoms. The van der Waals surface area contributed by atoms with Crippen molar-refractivity contribution in [1.29, 1.82) is 0 Å². The second-order valence-corrected chi connectivity index (χ2v) is 6.73. The van der Waals surface area contributed by atoms with Crippen LogP contribution in [0.25, 0.3) is 10.9 Å². The Labute approximate surface area is 134 Å². The lowest BCUT2D eigenvalue weighted by molar-refractivity contribution is 0.260. The molecular formula is C19H29N3. The minimum Gasteiger partial charge on any atom is -0.345 e. The monoisotopic (exact) mass is 299 g/mol. The zero-order valence-corrected chi connectivity index (χ0v) is 14.2. The van der Waals surface area contributed by atoms with E-state index in [0.29, 0.717) is 6.04 Å². The summed E-state index contributed by atoms with van der Waals surface area (Å²) in [7, 11) is 0. The first-order valence-electron chi connectivity index (χ1n) is 8.74. The average Bonchev–Trinajstić information content (AvgIpc) is 3.12. The van der Waals surface area contributed by atoms with Crippen LogP contribution in [-0.2, 0) is 6.54 Å². The van der Waals surface area contributed by atoms with E-state index < -0.39 is 0 Å². The van der Waals surface area contributed by atoms with Crippen LogP contribution in [0.5, 0.6) is 0 Å². The Bertz CT molecular complexity index is 614. The molecule has 0 bridgehead atoms. The highest BCUT2D eigenvalue weighted by atomic mass is 15.2. The molecule has 0 unspecified atom stereocenters. The molecule has 0 radical (unpaired) electrons. The summed E-state index contributed by atoms with van der Waals surface area (Å²) in [6.07, 6.45) is 5.02. The Kier molecular flexibility index (Phi) is 4.84. The molecule has 3 nitrogen and oxygen atoms in total. The number of nitrogens with zero attached hydrogens (tertiary/aromatic N) is 2. The Balaban J connectivity index is 1.69. The maximum absolute atomic E-state index is 3.70. The van der Waals surface area contributed by atoms with Crippen LogP contribution in [0.4, 0.5) is 0 Å². The van der Waals surface area contributed by atoms with Gasteiger partial charge in [0.15, 0.2) is 0 Å². The summed E-state index contributed by atoms with van der Waals surface area (Å²) in [5.74, 6) is 0. The zero-order valence-electron chi connectivity index (χ0n) is 14.2. The van der Waals surface area contributed by atoms with Crippen molar-refractivity contribution >= 4 is 10.9 Å². The van der Waals surface area contributed by atoms with Crippen LogP contribution >= 0.6 is 0 Å². The van der Waals surface area contributed by atoms with Gasteiger partial charge in [0.25, 0.3) is 0 Å². The van der Waals surface area contributed by atoms with Crippen LogP contribution in [0.3, 0.4) is 0 Å². The molecule has 1 aromatic carbocycles. The molecule has 2 aromatic rings. The number of fused-ring (bicyclic) bond motifs is 1. The number of hydrogen-bond donors (Lipinski definition) is 1. The molecule has 2 heterocycles. The second kappa shape index (κ2) is 6.84. The molecule has 0 saturated carbocycles. The highest BCUT2D eigenvalue weighted by Crippen LogP contribution is 2.24. The van der Waals surface area contributed by atoms with Gasteiger partial charge in [-0.1, -0.05) is 25.1 Å². The normalized spacial score (nSPS) is 19.5. The number of para-hydroxylation sites is 1. The third kappa shape index (κ3) is 3.06. The van der Waals surface area contributed by atoms with E-state index in [9.17, 15) is 0 Å². The maximum Gasteiger partial charge on any atom is 0.0486 e. The van der Waals surface area contributed by atoms with Crippen LogP contribution in [0.15, 0.2) is 30.5 Å². The second-order valence-electron chi connectivity index (χ2n) is 6.73. The summed E-state index contributed by atoms with van der Waals surface area (Å²) >= 11 is 0. The van der Waals surface area contributed by atoms with Gasteiger partial charge < -0.3 is 9.88 Å². The van der Waals surface area contributed by atoms with Crippen molar-refractivity contribution in [2.45, 2.75) is 52.2 Å². The standard InChI is InChI=1S/C19H29N3/c1-4-21-11-7-8-17(21)13-20-12-16-14-22(15(2)3)19-10-6-5-9-18(16)19/h5-6,9-10,14-15,17,20H,4,7-8,11-13H2,1-3H3/t17-/m1/s1. The Morgan fingerprint density at radius 2 is 2.09 bits per heavy atom. The van der Waals surface area contributed by atoms with Gasteiger partial charge in [0.1, 0.15) is 0 Å². The van der Waals surface area contributed by atoms with Crippen molar-refractivity contribution in [2.24, 2.45) is 0 Å². The maximum atomic E-state index is 3.70. The van der Waals surface area contributed by atoms with E-state index in [1.807, 2.05) is 0 Å². The lowest BCUT2D eigenvalue weighted by Gasteiger charge is -2.22. The van der Waals surface area contributed by atoms with Crippen LogP contribution in [0.1, 0.15) is 45.2 Å². The Morgan fingerprint density at radius 3 is 2.86 bits per heavy atom. The Morgan fingerprint density at radius 1 is 1.27 bits per heavy atom. The van der Waals surface area contributed by atoms with Crippen molar-refractivity contribution in [3.05, 3.63) is 36.0 Å². The van der Waals surface area contributed by atoms with Crippen molar-refractivity contribution in [3.8, 4) is 0 Å². The van der Waals surface area contributed by atoms with Crippen molar-refractivity contribution in [1.82, 2.24) is 14.8 Å². The smallest absolute Gasteiger partial charge is 0.0486 e. The molecular weight excluding hydrogens is 270 g/mol. The topological polar surface area (TPSA) is 20.2 Å². The largest absolute Gasteiger partial charge is 0.345 e. The van der Waals surface area contributed by atoms with E-state index in [1.165, 1.54) is 42.4 Å².